The minimum absolute atomic E-state index is 0.162. The second-order valence-corrected chi connectivity index (χ2v) is 3.92. The van der Waals surface area contributed by atoms with E-state index in [2.05, 4.69) is 5.32 Å². The largest absolute Gasteiger partial charge is 0.309 e. The molecule has 1 rings (SSSR count). The Bertz CT molecular complexity index is 304. The molecule has 0 saturated heterocycles. The van der Waals surface area contributed by atoms with Crippen LogP contribution in [-0.2, 0) is 6.54 Å². The number of halogens is 3. The van der Waals surface area contributed by atoms with Gasteiger partial charge in [-0.3, -0.25) is 0 Å². The van der Waals surface area contributed by atoms with E-state index in [9.17, 15) is 4.39 Å². The van der Waals surface area contributed by atoms with Gasteiger partial charge in [-0.2, -0.15) is 0 Å². The van der Waals surface area contributed by atoms with E-state index in [0.717, 1.165) is 0 Å². The van der Waals surface area contributed by atoms with Crippen LogP contribution in [0.5, 0.6) is 0 Å². The van der Waals surface area contributed by atoms with Crippen molar-refractivity contribution in [3.8, 4) is 0 Å². The van der Waals surface area contributed by atoms with E-state index in [1.807, 2.05) is 6.92 Å². The molecule has 1 nitrogen and oxygen atoms in total. The number of hydrogen-bond donors (Lipinski definition) is 1. The third-order valence-electron chi connectivity index (χ3n) is 1.88. The molecule has 0 fully saturated rings. The normalized spacial score (nSPS) is 12.9. The first-order valence-electron chi connectivity index (χ1n) is 4.36. The molecule has 0 amide bonds. The molecule has 4 heteroatoms. The van der Waals surface area contributed by atoms with Gasteiger partial charge in [0.15, 0.2) is 0 Å². The maximum absolute atomic E-state index is 13.2. The molecule has 0 radical (unpaired) electrons. The van der Waals surface area contributed by atoms with Crippen molar-refractivity contribution in [2.24, 2.45) is 0 Å². The Hall–Kier alpha value is -0.310. The lowest BCUT2D eigenvalue weighted by Crippen LogP contribution is -2.27. The predicted molar refractivity (Wildman–Crippen MR) is 58.4 cm³/mol. The molecule has 1 aromatic carbocycles. The van der Waals surface area contributed by atoms with Gasteiger partial charge in [0, 0.05) is 29.1 Å². The fraction of sp³-hybridized carbons (Fsp3) is 0.400. The molecule has 0 aliphatic rings. The van der Waals surface area contributed by atoms with Crippen LogP contribution in [0.25, 0.3) is 0 Å². The summed E-state index contributed by atoms with van der Waals surface area (Å²) in [6.07, 6.45) is 0. The molecule has 78 valence electrons. The van der Waals surface area contributed by atoms with Gasteiger partial charge in [0.1, 0.15) is 5.82 Å². The summed E-state index contributed by atoms with van der Waals surface area (Å²) in [5.74, 6) is 0.256. The number of nitrogens with one attached hydrogen (secondary N) is 1. The highest BCUT2D eigenvalue weighted by molar-refractivity contribution is 6.30. The van der Waals surface area contributed by atoms with Crippen LogP contribution >= 0.6 is 23.2 Å². The summed E-state index contributed by atoms with van der Waals surface area (Å²) < 4.78 is 13.2. The lowest BCUT2D eigenvalue weighted by molar-refractivity contribution is 0.556. The molecule has 0 aliphatic heterocycles. The van der Waals surface area contributed by atoms with Gasteiger partial charge in [-0.05, 0) is 25.1 Å². The lowest BCUT2D eigenvalue weighted by Gasteiger charge is -2.10. The van der Waals surface area contributed by atoms with E-state index in [4.69, 9.17) is 23.2 Å². The molecular weight excluding hydrogens is 224 g/mol. The quantitative estimate of drug-likeness (QED) is 0.791. The van der Waals surface area contributed by atoms with Crippen molar-refractivity contribution in [2.45, 2.75) is 19.5 Å². The minimum Gasteiger partial charge on any atom is -0.309 e. The Morgan fingerprint density at radius 2 is 2.21 bits per heavy atom. The summed E-state index contributed by atoms with van der Waals surface area (Å²) in [5.41, 5.74) is 0.564. The van der Waals surface area contributed by atoms with Gasteiger partial charge in [-0.25, -0.2) is 4.39 Å². The van der Waals surface area contributed by atoms with Crippen molar-refractivity contribution in [1.29, 1.82) is 0 Å². The number of hydrogen-bond acceptors (Lipinski definition) is 1. The van der Waals surface area contributed by atoms with Gasteiger partial charge >= 0.3 is 0 Å². The van der Waals surface area contributed by atoms with Crippen LogP contribution in [0.2, 0.25) is 5.02 Å². The van der Waals surface area contributed by atoms with Gasteiger partial charge < -0.3 is 5.32 Å². The monoisotopic (exact) mass is 235 g/mol. The van der Waals surface area contributed by atoms with E-state index in [1.54, 1.807) is 6.07 Å². The van der Waals surface area contributed by atoms with Crippen LogP contribution in [-0.4, -0.2) is 11.9 Å². The third kappa shape index (κ3) is 3.45. The number of alkyl halides is 1. The predicted octanol–water partition coefficient (Wildman–Crippen LogP) is 3.20. The van der Waals surface area contributed by atoms with Crippen molar-refractivity contribution >= 4 is 23.2 Å². The Labute approximate surface area is 93.2 Å². The molecule has 0 saturated carbocycles. The smallest absolute Gasteiger partial charge is 0.127 e. The SMILES string of the molecule is CC(CCl)NCc1cc(Cl)ccc1F. The molecule has 0 spiro atoms. The molecule has 1 atom stereocenters. The topological polar surface area (TPSA) is 12.0 Å². The van der Waals surface area contributed by atoms with Crippen LogP contribution < -0.4 is 5.32 Å². The summed E-state index contributed by atoms with van der Waals surface area (Å²) >= 11 is 11.4. The molecule has 0 aromatic heterocycles. The number of benzene rings is 1. The van der Waals surface area contributed by atoms with Crippen molar-refractivity contribution in [1.82, 2.24) is 5.32 Å². The first-order valence-corrected chi connectivity index (χ1v) is 5.28. The van der Waals surface area contributed by atoms with Crippen LogP contribution in [0.3, 0.4) is 0 Å². The highest BCUT2D eigenvalue weighted by atomic mass is 35.5. The van der Waals surface area contributed by atoms with Gasteiger partial charge in [0.2, 0.25) is 0 Å². The van der Waals surface area contributed by atoms with Crippen molar-refractivity contribution < 1.29 is 4.39 Å². The average molecular weight is 236 g/mol. The molecular formula is C10H12Cl2FN. The van der Waals surface area contributed by atoms with E-state index >= 15 is 0 Å². The maximum Gasteiger partial charge on any atom is 0.127 e. The van der Waals surface area contributed by atoms with E-state index in [-0.39, 0.29) is 11.9 Å². The second-order valence-electron chi connectivity index (χ2n) is 3.17. The van der Waals surface area contributed by atoms with Crippen LogP contribution in [0.4, 0.5) is 4.39 Å². The molecule has 1 N–H and O–H groups in total. The van der Waals surface area contributed by atoms with Crippen LogP contribution in [0.1, 0.15) is 12.5 Å². The molecule has 1 unspecified atom stereocenters. The summed E-state index contributed by atoms with van der Waals surface area (Å²) in [6.45, 7) is 2.38. The van der Waals surface area contributed by atoms with Gasteiger partial charge in [-0.1, -0.05) is 11.6 Å². The highest BCUT2D eigenvalue weighted by Crippen LogP contribution is 2.14. The Morgan fingerprint density at radius 3 is 2.86 bits per heavy atom. The minimum atomic E-state index is -0.247. The Morgan fingerprint density at radius 1 is 1.50 bits per heavy atom. The third-order valence-corrected chi connectivity index (χ3v) is 2.58. The zero-order valence-corrected chi connectivity index (χ0v) is 9.37. The molecule has 0 aliphatic carbocycles. The fourth-order valence-electron chi connectivity index (χ4n) is 1.02. The van der Waals surface area contributed by atoms with Crippen molar-refractivity contribution in [2.75, 3.05) is 5.88 Å². The van der Waals surface area contributed by atoms with Gasteiger partial charge in [0.25, 0.3) is 0 Å². The first-order chi connectivity index (χ1) is 6.63. The van der Waals surface area contributed by atoms with Crippen molar-refractivity contribution in [3.05, 3.63) is 34.6 Å². The van der Waals surface area contributed by atoms with E-state index < -0.39 is 0 Å². The van der Waals surface area contributed by atoms with E-state index in [1.165, 1.54) is 12.1 Å². The summed E-state index contributed by atoms with van der Waals surface area (Å²) in [4.78, 5) is 0. The van der Waals surface area contributed by atoms with E-state index in [0.29, 0.717) is 23.0 Å². The maximum atomic E-state index is 13.2. The first kappa shape index (κ1) is 11.8. The van der Waals surface area contributed by atoms with Crippen molar-refractivity contribution in [3.63, 3.8) is 0 Å². The zero-order chi connectivity index (χ0) is 10.6. The molecule has 0 bridgehead atoms. The molecule has 1 aromatic rings. The Balaban J connectivity index is 2.62. The summed E-state index contributed by atoms with van der Waals surface area (Å²) in [6, 6.07) is 4.68. The number of rotatable bonds is 4. The average Bonchev–Trinajstić information content (AvgIpc) is 2.19. The summed E-state index contributed by atoms with van der Waals surface area (Å²) in [7, 11) is 0. The Kier molecular flexibility index (Phi) is 4.66. The second kappa shape index (κ2) is 5.54. The van der Waals surface area contributed by atoms with Gasteiger partial charge in [0.05, 0.1) is 0 Å². The highest BCUT2D eigenvalue weighted by Gasteiger charge is 2.04. The standard InChI is InChI=1S/C10H12Cl2FN/c1-7(5-11)14-6-8-4-9(12)2-3-10(8)13/h2-4,7,14H,5-6H2,1H3. The van der Waals surface area contributed by atoms with Gasteiger partial charge in [-0.15, -0.1) is 11.6 Å². The zero-order valence-electron chi connectivity index (χ0n) is 7.86. The van der Waals surface area contributed by atoms with Crippen LogP contribution in [0, 0.1) is 5.82 Å². The molecule has 0 heterocycles. The molecule has 14 heavy (non-hydrogen) atoms. The summed E-state index contributed by atoms with van der Waals surface area (Å²) in [5, 5.41) is 3.63. The lowest BCUT2D eigenvalue weighted by atomic mass is 10.2. The van der Waals surface area contributed by atoms with Crippen LogP contribution in [0.15, 0.2) is 18.2 Å². The fourth-order valence-corrected chi connectivity index (χ4v) is 1.32.